The maximum Gasteiger partial charge on any atom is 0.0764 e. The quantitative estimate of drug-likeness (QED) is 0.767. The van der Waals surface area contributed by atoms with E-state index in [4.69, 9.17) is 0 Å². The third-order valence-corrected chi connectivity index (χ3v) is 4.81. The Labute approximate surface area is 111 Å². The van der Waals surface area contributed by atoms with Gasteiger partial charge in [-0.3, -0.25) is 0 Å². The van der Waals surface area contributed by atoms with Crippen LogP contribution in [-0.2, 0) is 5.21 Å². The van der Waals surface area contributed by atoms with Crippen molar-refractivity contribution in [2.75, 3.05) is 0 Å². The summed E-state index contributed by atoms with van der Waals surface area (Å²) in [4.78, 5) is 0. The van der Waals surface area contributed by atoms with E-state index >= 15 is 0 Å². The summed E-state index contributed by atoms with van der Waals surface area (Å²) in [7, 11) is 0. The van der Waals surface area contributed by atoms with E-state index in [1.165, 1.54) is 5.06 Å². The van der Waals surface area contributed by atoms with Gasteiger partial charge in [0.25, 0.3) is 0 Å². The highest BCUT2D eigenvalue weighted by atomic mass is 79.9. The van der Waals surface area contributed by atoms with Crippen molar-refractivity contribution >= 4 is 21.5 Å². The average molecular weight is 295 g/mol. The Morgan fingerprint density at radius 1 is 1.00 bits per heavy atom. The molecule has 0 atom stereocenters. The molecule has 0 aromatic heterocycles. The molecule has 1 heterocycles. The second-order valence-corrected chi connectivity index (χ2v) is 6.26. The predicted octanol–water partition coefficient (Wildman–Crippen LogP) is 4.01. The minimum atomic E-state index is -0.510. The first-order chi connectivity index (χ1) is 7.79. The van der Waals surface area contributed by atoms with Gasteiger partial charge < -0.3 is 0 Å². The topological polar surface area (TPSA) is 23.1 Å². The van der Waals surface area contributed by atoms with Crippen molar-refractivity contribution < 1.29 is 5.21 Å². The molecule has 91 valence electrons. The molecule has 2 nitrogen and oxygen atoms in total. The molecule has 0 fully saturated rings. The van der Waals surface area contributed by atoms with Crippen LogP contribution >= 0.6 is 15.9 Å². The second-order valence-electron chi connectivity index (χ2n) is 5.47. The molecule has 1 radical (unpaired) electrons. The highest BCUT2D eigenvalue weighted by Gasteiger charge is 2.51. The molecule has 2 rings (SSSR count). The number of hydrogen-bond donors (Lipinski definition) is 0. The molecule has 1 aliphatic heterocycles. The van der Waals surface area contributed by atoms with Crippen molar-refractivity contribution in [2.24, 2.45) is 0 Å². The van der Waals surface area contributed by atoms with Crippen LogP contribution in [0, 0.1) is 0 Å². The first kappa shape index (κ1) is 12.8. The van der Waals surface area contributed by atoms with Gasteiger partial charge in [-0.25, -0.2) is 0 Å². The van der Waals surface area contributed by atoms with Gasteiger partial charge in [-0.15, -0.1) is 10.3 Å². The van der Waals surface area contributed by atoms with Crippen LogP contribution in [0.5, 0.6) is 0 Å². The molecule has 0 amide bonds. The zero-order valence-corrected chi connectivity index (χ0v) is 12.2. The fraction of sp³-hybridized carbons (Fsp3) is 0.429. The van der Waals surface area contributed by atoms with Gasteiger partial charge in [-0.2, -0.15) is 0 Å². The summed E-state index contributed by atoms with van der Waals surface area (Å²) >= 11 is 3.62. The molecule has 0 unspecified atom stereocenters. The highest BCUT2D eigenvalue weighted by Crippen LogP contribution is 2.50. The highest BCUT2D eigenvalue weighted by molar-refractivity contribution is 9.12. The molecule has 1 aliphatic rings. The molecule has 0 saturated carbocycles. The van der Waals surface area contributed by atoms with E-state index in [1.807, 2.05) is 58.0 Å². The van der Waals surface area contributed by atoms with Gasteiger partial charge in [0.1, 0.15) is 0 Å². The molecule has 17 heavy (non-hydrogen) atoms. The molecule has 1 aromatic carbocycles. The van der Waals surface area contributed by atoms with E-state index in [0.29, 0.717) is 0 Å². The van der Waals surface area contributed by atoms with Crippen LogP contribution in [0.1, 0.15) is 33.3 Å². The lowest BCUT2D eigenvalue weighted by molar-refractivity contribution is -0.235. The monoisotopic (exact) mass is 294 g/mol. The lowest BCUT2D eigenvalue weighted by atomic mass is 9.90. The Morgan fingerprint density at radius 3 is 1.94 bits per heavy atom. The second kappa shape index (κ2) is 3.94. The Bertz CT molecular complexity index is 462. The maximum absolute atomic E-state index is 12.4. The molecule has 0 aliphatic carbocycles. The first-order valence-corrected chi connectivity index (χ1v) is 6.52. The van der Waals surface area contributed by atoms with Gasteiger partial charge in [0.05, 0.1) is 11.1 Å². The van der Waals surface area contributed by atoms with Gasteiger partial charge >= 0.3 is 0 Å². The van der Waals surface area contributed by atoms with Crippen molar-refractivity contribution in [3.63, 3.8) is 0 Å². The normalized spacial score (nSPS) is 23.2. The average Bonchev–Trinajstić information content (AvgIpc) is 2.39. The molecule has 0 spiro atoms. The van der Waals surface area contributed by atoms with E-state index in [-0.39, 0.29) is 0 Å². The van der Waals surface area contributed by atoms with E-state index in [9.17, 15) is 5.21 Å². The largest absolute Gasteiger partial charge is 0.134 e. The third kappa shape index (κ3) is 1.77. The van der Waals surface area contributed by atoms with Crippen LogP contribution < -0.4 is 0 Å². The molecular formula is C14H17BrNO. The number of halogens is 1. The van der Waals surface area contributed by atoms with Crippen LogP contribution in [0.2, 0.25) is 0 Å². The van der Waals surface area contributed by atoms with Gasteiger partial charge in [0, 0.05) is 4.48 Å². The van der Waals surface area contributed by atoms with Crippen molar-refractivity contribution in [2.45, 2.75) is 38.8 Å². The number of nitrogens with zero attached hydrogens (tertiary/aromatic N) is 1. The molecule has 0 saturated heterocycles. The van der Waals surface area contributed by atoms with Crippen LogP contribution in [0.15, 0.2) is 34.8 Å². The summed E-state index contributed by atoms with van der Waals surface area (Å²) in [6, 6.07) is 10.1. The summed E-state index contributed by atoms with van der Waals surface area (Å²) in [5.41, 5.74) is 1.17. The summed E-state index contributed by atoms with van der Waals surface area (Å²) in [5.74, 6) is 0. The summed E-state index contributed by atoms with van der Waals surface area (Å²) in [5, 5.41) is 13.6. The van der Waals surface area contributed by atoms with E-state index < -0.39 is 11.1 Å². The zero-order valence-electron chi connectivity index (χ0n) is 10.6. The van der Waals surface area contributed by atoms with E-state index in [1.54, 1.807) is 0 Å². The standard InChI is InChI=1S/C14H17BrNO/c1-13(2)11(10-8-6-5-7-9-10)12(15)14(3,4)16(13)17/h5-9H,1-4H3. The van der Waals surface area contributed by atoms with Crippen molar-refractivity contribution in [3.8, 4) is 0 Å². The Morgan fingerprint density at radius 2 is 1.53 bits per heavy atom. The minimum Gasteiger partial charge on any atom is -0.134 e. The van der Waals surface area contributed by atoms with Gasteiger partial charge in [-0.05, 0) is 38.8 Å². The van der Waals surface area contributed by atoms with Crippen molar-refractivity contribution in [3.05, 3.63) is 40.4 Å². The van der Waals surface area contributed by atoms with E-state index in [0.717, 1.165) is 15.6 Å². The maximum atomic E-state index is 12.4. The Hall–Kier alpha value is -0.640. The molecule has 1 aromatic rings. The third-order valence-electron chi connectivity index (χ3n) is 3.45. The van der Waals surface area contributed by atoms with E-state index in [2.05, 4.69) is 15.9 Å². The van der Waals surface area contributed by atoms with Crippen LogP contribution in [0.25, 0.3) is 5.57 Å². The van der Waals surface area contributed by atoms with Crippen molar-refractivity contribution in [1.29, 1.82) is 0 Å². The summed E-state index contributed by atoms with van der Waals surface area (Å²) in [6.45, 7) is 7.83. The number of rotatable bonds is 1. The first-order valence-electron chi connectivity index (χ1n) is 5.73. The van der Waals surface area contributed by atoms with Crippen molar-refractivity contribution in [1.82, 2.24) is 5.06 Å². The smallest absolute Gasteiger partial charge is 0.0764 e. The lowest BCUT2D eigenvalue weighted by Crippen LogP contribution is -2.47. The molecule has 0 bridgehead atoms. The van der Waals surface area contributed by atoms with Gasteiger partial charge in [0.2, 0.25) is 0 Å². The zero-order chi connectivity index (χ0) is 12.8. The predicted molar refractivity (Wildman–Crippen MR) is 73.0 cm³/mol. The summed E-state index contributed by atoms with van der Waals surface area (Å²) in [6.07, 6.45) is 0. The van der Waals surface area contributed by atoms with Crippen LogP contribution in [-0.4, -0.2) is 16.1 Å². The summed E-state index contributed by atoms with van der Waals surface area (Å²) < 4.78 is 0.983. The Balaban J connectivity index is 2.63. The Kier molecular flexibility index (Phi) is 2.97. The molecule has 0 N–H and O–H groups in total. The minimum absolute atomic E-state index is 0.505. The van der Waals surface area contributed by atoms with Crippen LogP contribution in [0.4, 0.5) is 0 Å². The molecule has 3 heteroatoms. The molecular weight excluding hydrogens is 278 g/mol. The van der Waals surface area contributed by atoms with Crippen LogP contribution in [0.3, 0.4) is 0 Å². The fourth-order valence-corrected chi connectivity index (χ4v) is 3.42. The number of hydroxylamine groups is 2. The number of benzene rings is 1. The van der Waals surface area contributed by atoms with Gasteiger partial charge in [-0.1, -0.05) is 46.3 Å². The lowest BCUT2D eigenvalue weighted by Gasteiger charge is -2.34. The fourth-order valence-electron chi connectivity index (χ4n) is 2.55. The SMILES string of the molecule is CC1(C)C(Br)=C(c2ccccc2)C(C)(C)N1[O]. The number of hydrogen-bond acceptors (Lipinski definition) is 1. The van der Waals surface area contributed by atoms with Gasteiger partial charge in [0.15, 0.2) is 0 Å².